The Labute approximate surface area is 77.7 Å². The van der Waals surface area contributed by atoms with Gasteiger partial charge in [0.1, 0.15) is 0 Å². The molecule has 64 valence electrons. The number of aliphatic hydroxyl groups is 4. The second kappa shape index (κ2) is 8.52. The Hall–Kier alpha value is 0.423. The Bertz CT molecular complexity index is 57.8. The van der Waals surface area contributed by atoms with Crippen LogP contribution in [0.5, 0.6) is 0 Å². The molecule has 0 aliphatic rings. The molecule has 0 fully saturated rings. The summed E-state index contributed by atoms with van der Waals surface area (Å²) in [5.41, 5.74) is -1.11. The minimum Gasteiger partial charge on any atom is -2.00 e. The van der Waals surface area contributed by atoms with E-state index >= 15 is 0 Å². The van der Waals surface area contributed by atoms with Crippen molar-refractivity contribution in [3.05, 3.63) is 0 Å². The molecule has 0 heterocycles. The Morgan fingerprint density at radius 1 is 0.727 bits per heavy atom. The van der Waals surface area contributed by atoms with Crippen LogP contribution >= 0.6 is 0 Å². The van der Waals surface area contributed by atoms with Gasteiger partial charge in [-0.2, -0.15) is 0 Å². The zero-order chi connectivity index (χ0) is 7.33. The Balaban J connectivity index is -0.000000320. The van der Waals surface area contributed by atoms with E-state index in [1.54, 1.807) is 0 Å². The largest absolute Gasteiger partial charge is 2.00 e. The van der Waals surface area contributed by atoms with E-state index in [1.807, 2.05) is 0 Å². The molecule has 6 heteroatoms. The summed E-state index contributed by atoms with van der Waals surface area (Å²) in [5, 5.41) is 34.0. The van der Waals surface area contributed by atoms with Crippen molar-refractivity contribution in [1.29, 1.82) is 0 Å². The molecule has 0 aromatic heterocycles. The number of aliphatic hydroxyl groups excluding tert-OH is 4. The van der Waals surface area contributed by atoms with Crippen molar-refractivity contribution in [3.63, 3.8) is 0 Å². The number of hydrogen-bond donors (Lipinski definition) is 4. The van der Waals surface area contributed by atoms with Gasteiger partial charge in [-0.25, -0.2) is 0 Å². The van der Waals surface area contributed by atoms with Crippen molar-refractivity contribution < 1.29 is 45.4 Å². The van der Waals surface area contributed by atoms with Crippen molar-refractivity contribution in [2.24, 2.45) is 5.41 Å². The maximum Gasteiger partial charge on any atom is 2.00 e. The molecule has 0 bridgehead atoms. The third kappa shape index (κ3) is 4.79. The van der Waals surface area contributed by atoms with Crippen molar-refractivity contribution in [1.82, 2.24) is 0 Å². The van der Waals surface area contributed by atoms with Gasteiger partial charge in [-0.1, -0.05) is 0 Å². The fourth-order valence-electron chi connectivity index (χ4n) is 0.300. The summed E-state index contributed by atoms with van der Waals surface area (Å²) in [6.45, 7) is -1.62. The molecule has 0 saturated carbocycles. The van der Waals surface area contributed by atoms with Crippen molar-refractivity contribution >= 4 is 0 Å². The molecular weight excluding hydrogens is 205 g/mol. The van der Waals surface area contributed by atoms with Crippen LogP contribution < -0.4 is 0 Å². The van der Waals surface area contributed by atoms with Crippen LogP contribution in [0, 0.1) is 5.41 Å². The molecule has 0 aromatic carbocycles. The van der Waals surface area contributed by atoms with Crippen LogP contribution in [0.25, 0.3) is 0 Å². The predicted molar refractivity (Wildman–Crippen MR) is 31.5 cm³/mol. The second-order valence-electron chi connectivity index (χ2n) is 2.13. The van der Waals surface area contributed by atoms with Crippen LogP contribution in [-0.4, -0.2) is 46.9 Å². The normalized spacial score (nSPS) is 9.82. The zero-order valence-electron chi connectivity index (χ0n) is 6.23. The van der Waals surface area contributed by atoms with E-state index in [2.05, 4.69) is 0 Å². The van der Waals surface area contributed by atoms with E-state index in [9.17, 15) is 0 Å². The third-order valence-corrected chi connectivity index (χ3v) is 1.34. The molecule has 0 amide bonds. The summed E-state index contributed by atoms with van der Waals surface area (Å²) in [4.78, 5) is 0. The van der Waals surface area contributed by atoms with Gasteiger partial charge in [-0.15, -0.1) is 0 Å². The molecule has 0 unspecified atom stereocenters. The third-order valence-electron chi connectivity index (χ3n) is 1.34. The van der Waals surface area contributed by atoms with E-state index in [-0.39, 0.29) is 25.0 Å². The van der Waals surface area contributed by atoms with Crippen LogP contribution in [0.1, 0.15) is 0 Å². The maximum atomic E-state index is 8.50. The van der Waals surface area contributed by atoms with Gasteiger partial charge in [0, 0.05) is 0 Å². The summed E-state index contributed by atoms with van der Waals surface area (Å²) < 4.78 is 0. The van der Waals surface area contributed by atoms with Crippen LogP contribution in [0.4, 0.5) is 0 Å². The molecular formula is C5H12O5Zn. The van der Waals surface area contributed by atoms with Crippen molar-refractivity contribution in [2.75, 3.05) is 26.4 Å². The van der Waals surface area contributed by atoms with Gasteiger partial charge in [0.2, 0.25) is 0 Å². The van der Waals surface area contributed by atoms with Gasteiger partial charge >= 0.3 is 19.5 Å². The molecule has 0 aromatic rings. The second-order valence-corrected chi connectivity index (χ2v) is 2.13. The van der Waals surface area contributed by atoms with E-state index in [0.29, 0.717) is 0 Å². The fraction of sp³-hybridized carbons (Fsp3) is 1.00. The molecule has 4 N–H and O–H groups in total. The Morgan fingerprint density at radius 3 is 0.909 bits per heavy atom. The monoisotopic (exact) mass is 216 g/mol. The summed E-state index contributed by atoms with van der Waals surface area (Å²) >= 11 is 0. The summed E-state index contributed by atoms with van der Waals surface area (Å²) in [6, 6.07) is 0. The quantitative estimate of drug-likeness (QED) is 0.402. The minimum atomic E-state index is -1.11. The zero-order valence-corrected chi connectivity index (χ0v) is 9.20. The Kier molecular flexibility index (Phi) is 13.5. The molecule has 0 atom stereocenters. The first-order chi connectivity index (χ1) is 4.24. The first-order valence-electron chi connectivity index (χ1n) is 2.68. The molecule has 0 saturated heterocycles. The standard InChI is InChI=1S/C5H12O4.O.Zn/c6-1-5(2-7,3-8)4-9;;/h6-9H,1-4H2;;/q;-2;+2. The van der Waals surface area contributed by atoms with Gasteiger partial charge in [-0.3, -0.25) is 0 Å². The Morgan fingerprint density at radius 2 is 0.909 bits per heavy atom. The van der Waals surface area contributed by atoms with Crippen LogP contribution in [0.15, 0.2) is 0 Å². The van der Waals surface area contributed by atoms with Gasteiger partial charge in [0.05, 0.1) is 31.8 Å². The molecule has 0 spiro atoms. The summed E-state index contributed by atoms with van der Waals surface area (Å²) in [7, 11) is 0. The van der Waals surface area contributed by atoms with E-state index < -0.39 is 31.8 Å². The number of hydrogen-bond acceptors (Lipinski definition) is 4. The molecule has 0 rings (SSSR count). The van der Waals surface area contributed by atoms with E-state index in [1.165, 1.54) is 0 Å². The van der Waals surface area contributed by atoms with Crippen LogP contribution in [0.2, 0.25) is 0 Å². The first kappa shape index (κ1) is 17.5. The van der Waals surface area contributed by atoms with Gasteiger partial charge in [0.15, 0.2) is 0 Å². The van der Waals surface area contributed by atoms with Crippen molar-refractivity contribution in [3.8, 4) is 0 Å². The minimum absolute atomic E-state index is 0. The number of rotatable bonds is 4. The van der Waals surface area contributed by atoms with E-state index in [4.69, 9.17) is 20.4 Å². The van der Waals surface area contributed by atoms with Crippen LogP contribution in [-0.2, 0) is 25.0 Å². The average molecular weight is 218 g/mol. The fourth-order valence-corrected chi connectivity index (χ4v) is 0.300. The molecule has 0 aliphatic heterocycles. The van der Waals surface area contributed by atoms with E-state index in [0.717, 1.165) is 0 Å². The smallest absolute Gasteiger partial charge is 2.00 e. The molecule has 0 radical (unpaired) electrons. The van der Waals surface area contributed by atoms with Gasteiger partial charge in [0.25, 0.3) is 0 Å². The first-order valence-corrected chi connectivity index (χ1v) is 2.68. The summed E-state index contributed by atoms with van der Waals surface area (Å²) in [5.74, 6) is 0. The van der Waals surface area contributed by atoms with Gasteiger partial charge in [-0.05, 0) is 0 Å². The molecule has 0 aliphatic carbocycles. The predicted octanol–water partition coefficient (Wildman–Crippen LogP) is -2.18. The average Bonchev–Trinajstić information content (AvgIpc) is 1.95. The summed E-state index contributed by atoms with van der Waals surface area (Å²) in [6.07, 6.45) is 0. The SMILES string of the molecule is OCC(CO)(CO)CO.[O-2].[Zn+2]. The molecule has 5 nitrogen and oxygen atoms in total. The van der Waals surface area contributed by atoms with Crippen molar-refractivity contribution in [2.45, 2.75) is 0 Å². The van der Waals surface area contributed by atoms with Crippen LogP contribution in [0.3, 0.4) is 0 Å². The molecule has 11 heavy (non-hydrogen) atoms. The topological polar surface area (TPSA) is 109 Å². The van der Waals surface area contributed by atoms with Gasteiger partial charge < -0.3 is 25.9 Å². The maximum absolute atomic E-state index is 8.50.